The molecule has 2 aromatic rings. The number of phenolic OH excluding ortho intramolecular Hbond substituents is 2. The molecule has 2 aromatic carbocycles. The van der Waals surface area contributed by atoms with Gasteiger partial charge in [0.25, 0.3) is 0 Å². The number of rotatable bonds is 5. The summed E-state index contributed by atoms with van der Waals surface area (Å²) in [5, 5.41) is 30.5. The van der Waals surface area contributed by atoms with Gasteiger partial charge in [-0.1, -0.05) is 30.3 Å². The molecule has 1 atom stereocenters. The van der Waals surface area contributed by atoms with E-state index in [1.54, 1.807) is 6.92 Å². The summed E-state index contributed by atoms with van der Waals surface area (Å²) in [4.78, 5) is 11.9. The van der Waals surface area contributed by atoms with Gasteiger partial charge in [-0.05, 0) is 31.0 Å². The number of hydrogen-bond acceptors (Lipinski definition) is 5. The maximum absolute atomic E-state index is 11.9. The lowest BCUT2D eigenvalue weighted by molar-refractivity contribution is -0.164. The zero-order valence-corrected chi connectivity index (χ0v) is 13.1. The molecule has 0 saturated carbocycles. The van der Waals surface area contributed by atoms with Crippen LogP contribution in [0.15, 0.2) is 42.5 Å². The molecule has 0 aliphatic carbocycles. The molecule has 1 unspecified atom stereocenters. The van der Waals surface area contributed by atoms with Gasteiger partial charge in [-0.3, -0.25) is 0 Å². The van der Waals surface area contributed by atoms with Crippen molar-refractivity contribution in [2.75, 3.05) is 6.61 Å². The smallest absolute Gasteiger partial charge is 0.342 e. The third-order valence-corrected chi connectivity index (χ3v) is 3.63. The van der Waals surface area contributed by atoms with Gasteiger partial charge in [-0.15, -0.1) is 0 Å². The molecule has 2 rings (SSSR count). The Morgan fingerprint density at radius 3 is 2.39 bits per heavy atom. The molecule has 122 valence electrons. The highest BCUT2D eigenvalue weighted by Gasteiger charge is 2.37. The molecular weight excluding hydrogens is 296 g/mol. The summed E-state index contributed by atoms with van der Waals surface area (Å²) in [6, 6.07) is 12.0. The van der Waals surface area contributed by atoms with Crippen molar-refractivity contribution >= 4 is 5.97 Å². The summed E-state index contributed by atoms with van der Waals surface area (Å²) < 4.78 is 4.84. The van der Waals surface area contributed by atoms with Crippen LogP contribution in [0.3, 0.4) is 0 Å². The van der Waals surface area contributed by atoms with Crippen molar-refractivity contribution in [2.24, 2.45) is 0 Å². The van der Waals surface area contributed by atoms with Gasteiger partial charge in [-0.2, -0.15) is 0 Å². The topological polar surface area (TPSA) is 87.0 Å². The van der Waals surface area contributed by atoms with Crippen LogP contribution in [0.4, 0.5) is 0 Å². The van der Waals surface area contributed by atoms with Gasteiger partial charge in [-0.25, -0.2) is 4.79 Å². The molecule has 3 N–H and O–H groups in total. The van der Waals surface area contributed by atoms with Crippen molar-refractivity contribution in [3.8, 4) is 11.5 Å². The van der Waals surface area contributed by atoms with Crippen LogP contribution in [-0.2, 0) is 21.6 Å². The number of esters is 1. The van der Waals surface area contributed by atoms with Crippen molar-refractivity contribution in [3.63, 3.8) is 0 Å². The Balaban J connectivity index is 2.42. The Bertz CT molecular complexity index is 692. The molecular formula is C18H20O5. The van der Waals surface area contributed by atoms with E-state index >= 15 is 0 Å². The number of ether oxygens (including phenoxy) is 1. The number of phenols is 2. The Morgan fingerprint density at radius 1 is 1.13 bits per heavy atom. The Kier molecular flexibility index (Phi) is 4.91. The molecule has 5 heteroatoms. The van der Waals surface area contributed by atoms with Gasteiger partial charge in [0.1, 0.15) is 11.5 Å². The highest BCUT2D eigenvalue weighted by Crippen LogP contribution is 2.36. The van der Waals surface area contributed by atoms with Gasteiger partial charge in [0.15, 0.2) is 5.60 Å². The number of carbonyl (C=O) groups is 1. The predicted octanol–water partition coefficient (Wildman–Crippen LogP) is 2.46. The van der Waals surface area contributed by atoms with Crippen LogP contribution in [0.5, 0.6) is 11.5 Å². The van der Waals surface area contributed by atoms with Gasteiger partial charge in [0.05, 0.1) is 6.61 Å². The molecule has 0 bridgehead atoms. The van der Waals surface area contributed by atoms with Crippen LogP contribution in [0.25, 0.3) is 0 Å². The fourth-order valence-electron chi connectivity index (χ4n) is 2.35. The average molecular weight is 316 g/mol. The molecule has 23 heavy (non-hydrogen) atoms. The van der Waals surface area contributed by atoms with E-state index in [-0.39, 0.29) is 23.7 Å². The molecule has 0 heterocycles. The molecule has 5 nitrogen and oxygen atoms in total. The largest absolute Gasteiger partial charge is 0.508 e. The van der Waals surface area contributed by atoms with Crippen LogP contribution < -0.4 is 0 Å². The quantitative estimate of drug-likeness (QED) is 0.738. The minimum atomic E-state index is -2.00. The summed E-state index contributed by atoms with van der Waals surface area (Å²) in [5.41, 5.74) is -0.553. The van der Waals surface area contributed by atoms with E-state index in [9.17, 15) is 20.1 Å². The van der Waals surface area contributed by atoms with E-state index in [4.69, 9.17) is 4.74 Å². The maximum Gasteiger partial charge on any atom is 0.342 e. The number of hydrogen-bond donors (Lipinski definition) is 3. The average Bonchev–Trinajstić information content (AvgIpc) is 2.51. The second kappa shape index (κ2) is 6.71. The lowest BCUT2D eigenvalue weighted by atomic mass is 9.91. The lowest BCUT2D eigenvalue weighted by Crippen LogP contribution is -2.34. The third-order valence-electron chi connectivity index (χ3n) is 3.63. The molecule has 0 aliphatic heterocycles. The van der Waals surface area contributed by atoms with Crippen LogP contribution in [0.2, 0.25) is 0 Å². The van der Waals surface area contributed by atoms with Crippen molar-refractivity contribution in [3.05, 3.63) is 59.2 Å². The van der Waals surface area contributed by atoms with E-state index in [0.29, 0.717) is 12.0 Å². The van der Waals surface area contributed by atoms with E-state index in [1.807, 2.05) is 30.3 Å². The molecule has 0 aliphatic rings. The van der Waals surface area contributed by atoms with Gasteiger partial charge in [0.2, 0.25) is 0 Å². The number of benzene rings is 2. The monoisotopic (exact) mass is 316 g/mol. The first-order valence-electron chi connectivity index (χ1n) is 7.35. The number of carbonyl (C=O) groups excluding carboxylic acids is 1. The maximum atomic E-state index is 11.9. The van der Waals surface area contributed by atoms with Gasteiger partial charge < -0.3 is 20.1 Å². The van der Waals surface area contributed by atoms with Crippen LogP contribution in [0, 0.1) is 0 Å². The van der Waals surface area contributed by atoms with Gasteiger partial charge in [0, 0.05) is 18.1 Å². The zero-order chi connectivity index (χ0) is 17.0. The predicted molar refractivity (Wildman–Crippen MR) is 85.2 cm³/mol. The first-order chi connectivity index (χ1) is 10.9. The van der Waals surface area contributed by atoms with E-state index in [2.05, 4.69) is 0 Å². The van der Waals surface area contributed by atoms with E-state index < -0.39 is 11.6 Å². The van der Waals surface area contributed by atoms with Gasteiger partial charge >= 0.3 is 5.97 Å². The normalized spacial score (nSPS) is 13.3. The lowest BCUT2D eigenvalue weighted by Gasteiger charge is -2.23. The highest BCUT2D eigenvalue weighted by molar-refractivity contribution is 5.82. The number of aliphatic hydroxyl groups is 1. The molecule has 0 amide bonds. The molecule has 0 saturated heterocycles. The van der Waals surface area contributed by atoms with Crippen molar-refractivity contribution < 1.29 is 24.9 Å². The molecule has 0 aromatic heterocycles. The summed E-state index contributed by atoms with van der Waals surface area (Å²) in [5.74, 6) is -1.32. The second-order valence-corrected chi connectivity index (χ2v) is 5.45. The summed E-state index contributed by atoms with van der Waals surface area (Å²) in [6.07, 6.45) is 0.402. The van der Waals surface area contributed by atoms with Crippen molar-refractivity contribution in [1.82, 2.24) is 0 Å². The standard InChI is InChI=1S/C18H20O5/c1-3-23-17(21)18(2,22)14-10-13(15(19)11-16(14)20)9-12-7-5-4-6-8-12/h4-8,10-11,19-20,22H,3,9H2,1-2H3. The van der Waals surface area contributed by atoms with Crippen LogP contribution in [-0.4, -0.2) is 27.9 Å². The fourth-order valence-corrected chi connectivity index (χ4v) is 2.35. The van der Waals surface area contributed by atoms with E-state index in [1.165, 1.54) is 13.0 Å². The van der Waals surface area contributed by atoms with Crippen molar-refractivity contribution in [2.45, 2.75) is 25.9 Å². The first kappa shape index (κ1) is 16.8. The third kappa shape index (κ3) is 3.63. The number of aromatic hydroxyl groups is 2. The minimum absolute atomic E-state index is 0.000295. The van der Waals surface area contributed by atoms with Crippen molar-refractivity contribution in [1.29, 1.82) is 0 Å². The Morgan fingerprint density at radius 2 is 1.78 bits per heavy atom. The molecule has 0 radical (unpaired) electrons. The van der Waals surface area contributed by atoms with Crippen LogP contribution in [0.1, 0.15) is 30.5 Å². The zero-order valence-electron chi connectivity index (χ0n) is 13.1. The minimum Gasteiger partial charge on any atom is -0.508 e. The Hall–Kier alpha value is -2.53. The van der Waals surface area contributed by atoms with Crippen LogP contribution >= 0.6 is 0 Å². The second-order valence-electron chi connectivity index (χ2n) is 5.45. The summed E-state index contributed by atoms with van der Waals surface area (Å²) in [6.45, 7) is 3.00. The summed E-state index contributed by atoms with van der Waals surface area (Å²) in [7, 11) is 0. The molecule has 0 spiro atoms. The fraction of sp³-hybridized carbons (Fsp3) is 0.278. The Labute approximate surface area is 134 Å². The highest BCUT2D eigenvalue weighted by atomic mass is 16.5. The first-order valence-corrected chi connectivity index (χ1v) is 7.35. The van der Waals surface area contributed by atoms with E-state index in [0.717, 1.165) is 11.6 Å². The SMILES string of the molecule is CCOC(=O)C(C)(O)c1cc(Cc2ccccc2)c(O)cc1O. The summed E-state index contributed by atoms with van der Waals surface area (Å²) >= 11 is 0. The molecule has 0 fully saturated rings.